The number of para-hydroxylation sites is 1. The van der Waals surface area contributed by atoms with E-state index in [-0.39, 0.29) is 25.4 Å². The van der Waals surface area contributed by atoms with Gasteiger partial charge in [-0.05, 0) is 43.2 Å². The molecule has 1 spiro atoms. The first-order chi connectivity index (χ1) is 14.9. The Morgan fingerprint density at radius 3 is 2.58 bits per heavy atom. The molecule has 0 aliphatic carbocycles. The van der Waals surface area contributed by atoms with Crippen molar-refractivity contribution in [3.63, 3.8) is 0 Å². The summed E-state index contributed by atoms with van der Waals surface area (Å²) in [5.74, 6) is 0.143. The number of anilines is 1. The molecule has 158 valence electrons. The standard InChI is InChI=1S/C23H21N3O5/c1-14-5-4-6-15(2)21(14)26-20(27)13-23(22(26)28)12-17(25-31-23)16-7-8-18(30-10-9-24)19(11-16)29-3/h4-8,11H,10,12-13H2,1-3H3. The van der Waals surface area contributed by atoms with E-state index in [4.69, 9.17) is 19.6 Å². The molecule has 1 unspecified atom stereocenters. The Labute approximate surface area is 179 Å². The highest BCUT2D eigenvalue weighted by Crippen LogP contribution is 2.41. The summed E-state index contributed by atoms with van der Waals surface area (Å²) in [6.07, 6.45) is 0.0909. The van der Waals surface area contributed by atoms with Gasteiger partial charge in [-0.3, -0.25) is 9.59 Å². The van der Waals surface area contributed by atoms with Gasteiger partial charge in [-0.1, -0.05) is 23.4 Å². The van der Waals surface area contributed by atoms with E-state index in [1.165, 1.54) is 12.0 Å². The van der Waals surface area contributed by atoms with Crippen molar-refractivity contribution < 1.29 is 23.9 Å². The molecule has 2 aliphatic rings. The third kappa shape index (κ3) is 3.38. The van der Waals surface area contributed by atoms with Gasteiger partial charge in [0.25, 0.3) is 5.91 Å². The van der Waals surface area contributed by atoms with Gasteiger partial charge in [0.15, 0.2) is 18.1 Å². The van der Waals surface area contributed by atoms with Crippen LogP contribution in [0.3, 0.4) is 0 Å². The number of rotatable bonds is 5. The lowest BCUT2D eigenvalue weighted by atomic mass is 9.92. The molecule has 8 heteroatoms. The van der Waals surface area contributed by atoms with Crippen molar-refractivity contribution in [2.24, 2.45) is 5.16 Å². The number of methoxy groups -OCH3 is 1. The van der Waals surface area contributed by atoms with Crippen LogP contribution in [-0.4, -0.2) is 36.8 Å². The summed E-state index contributed by atoms with van der Waals surface area (Å²) in [6.45, 7) is 3.63. The molecule has 0 radical (unpaired) electrons. The number of hydrogen-bond acceptors (Lipinski definition) is 7. The number of aryl methyl sites for hydroxylation is 2. The smallest absolute Gasteiger partial charge is 0.281 e. The second-order valence-corrected chi connectivity index (χ2v) is 7.56. The Kier molecular flexibility index (Phi) is 5.11. The quantitative estimate of drug-likeness (QED) is 0.691. The third-order valence-corrected chi connectivity index (χ3v) is 5.51. The normalized spacial score (nSPS) is 19.9. The first-order valence-electron chi connectivity index (χ1n) is 9.77. The minimum atomic E-state index is -1.34. The van der Waals surface area contributed by atoms with Crippen LogP contribution in [-0.2, 0) is 14.4 Å². The molecule has 8 nitrogen and oxygen atoms in total. The molecule has 1 atom stereocenters. The number of amides is 2. The van der Waals surface area contributed by atoms with Crippen molar-refractivity contribution in [2.75, 3.05) is 18.6 Å². The van der Waals surface area contributed by atoms with Crippen LogP contribution in [0.1, 0.15) is 29.5 Å². The molecule has 0 bridgehead atoms. The minimum absolute atomic E-state index is 0.0763. The summed E-state index contributed by atoms with van der Waals surface area (Å²) in [5.41, 5.74) is 2.17. The molecule has 0 aromatic heterocycles. The van der Waals surface area contributed by atoms with Crippen LogP contribution >= 0.6 is 0 Å². The topological polar surface area (TPSA) is 101 Å². The van der Waals surface area contributed by atoms with Crippen LogP contribution in [0.15, 0.2) is 41.6 Å². The van der Waals surface area contributed by atoms with Gasteiger partial charge >= 0.3 is 0 Å². The largest absolute Gasteiger partial charge is 0.493 e. The number of carbonyl (C=O) groups is 2. The highest BCUT2D eigenvalue weighted by atomic mass is 16.7. The van der Waals surface area contributed by atoms with E-state index in [1.54, 1.807) is 18.2 Å². The van der Waals surface area contributed by atoms with Gasteiger partial charge in [0, 0.05) is 12.0 Å². The summed E-state index contributed by atoms with van der Waals surface area (Å²) in [4.78, 5) is 33.0. The van der Waals surface area contributed by atoms with E-state index < -0.39 is 11.5 Å². The van der Waals surface area contributed by atoms with Crippen molar-refractivity contribution >= 4 is 23.2 Å². The molecule has 2 aliphatic heterocycles. The molecule has 0 saturated carbocycles. The highest BCUT2D eigenvalue weighted by Gasteiger charge is 2.58. The van der Waals surface area contributed by atoms with Crippen molar-refractivity contribution in [1.29, 1.82) is 5.26 Å². The van der Waals surface area contributed by atoms with E-state index >= 15 is 0 Å². The lowest BCUT2D eigenvalue weighted by Gasteiger charge is -2.22. The average Bonchev–Trinajstić information content (AvgIpc) is 3.28. The van der Waals surface area contributed by atoms with E-state index in [0.717, 1.165) is 11.1 Å². The fraction of sp³-hybridized carbons (Fsp3) is 0.304. The Bertz CT molecular complexity index is 1130. The number of nitriles is 1. The van der Waals surface area contributed by atoms with Crippen LogP contribution < -0.4 is 14.4 Å². The summed E-state index contributed by atoms with van der Waals surface area (Å²) in [7, 11) is 1.49. The Hall–Kier alpha value is -3.86. The Morgan fingerprint density at radius 1 is 1.16 bits per heavy atom. The van der Waals surface area contributed by atoms with Crippen LogP contribution in [0.25, 0.3) is 0 Å². The minimum Gasteiger partial charge on any atom is -0.493 e. The van der Waals surface area contributed by atoms with E-state index in [2.05, 4.69) is 5.16 Å². The summed E-state index contributed by atoms with van der Waals surface area (Å²) in [5, 5.41) is 12.8. The van der Waals surface area contributed by atoms with Crippen LogP contribution in [0, 0.1) is 25.2 Å². The van der Waals surface area contributed by atoms with Crippen molar-refractivity contribution in [1.82, 2.24) is 0 Å². The Balaban J connectivity index is 1.60. The highest BCUT2D eigenvalue weighted by molar-refractivity contribution is 6.26. The van der Waals surface area contributed by atoms with Crippen molar-refractivity contribution in [2.45, 2.75) is 32.3 Å². The molecular formula is C23H21N3O5. The van der Waals surface area contributed by atoms with E-state index in [1.807, 2.05) is 38.1 Å². The monoisotopic (exact) mass is 419 g/mol. The number of hydrogen-bond donors (Lipinski definition) is 0. The molecule has 4 rings (SSSR count). The van der Waals surface area contributed by atoms with Gasteiger partial charge < -0.3 is 14.3 Å². The number of oxime groups is 1. The summed E-state index contributed by atoms with van der Waals surface area (Å²) >= 11 is 0. The predicted molar refractivity (Wildman–Crippen MR) is 112 cm³/mol. The molecule has 2 heterocycles. The molecule has 2 amide bonds. The van der Waals surface area contributed by atoms with Crippen LogP contribution in [0.2, 0.25) is 0 Å². The lowest BCUT2D eigenvalue weighted by molar-refractivity contribution is -0.136. The number of ether oxygens (including phenoxy) is 2. The predicted octanol–water partition coefficient (Wildman–Crippen LogP) is 3.04. The Morgan fingerprint density at radius 2 is 1.90 bits per heavy atom. The second kappa shape index (κ2) is 7.76. The van der Waals surface area contributed by atoms with E-state index in [0.29, 0.717) is 28.5 Å². The fourth-order valence-corrected chi connectivity index (χ4v) is 4.02. The van der Waals surface area contributed by atoms with Gasteiger partial charge in [0.1, 0.15) is 6.07 Å². The zero-order chi connectivity index (χ0) is 22.2. The van der Waals surface area contributed by atoms with Crippen molar-refractivity contribution in [3.8, 4) is 17.6 Å². The number of imide groups is 1. The maximum atomic E-state index is 13.3. The fourth-order valence-electron chi connectivity index (χ4n) is 4.02. The zero-order valence-electron chi connectivity index (χ0n) is 17.5. The molecule has 1 saturated heterocycles. The van der Waals surface area contributed by atoms with Gasteiger partial charge in [-0.25, -0.2) is 4.90 Å². The zero-order valence-corrected chi connectivity index (χ0v) is 17.5. The van der Waals surface area contributed by atoms with Crippen molar-refractivity contribution in [3.05, 3.63) is 53.1 Å². The maximum Gasteiger partial charge on any atom is 0.281 e. The van der Waals surface area contributed by atoms with Gasteiger partial charge in [0.05, 0.1) is 24.9 Å². The summed E-state index contributed by atoms with van der Waals surface area (Å²) < 4.78 is 10.7. The SMILES string of the molecule is COc1cc(C2=NOC3(CC(=O)N(c4c(C)cccc4C)C3=O)C2)ccc1OCC#N. The maximum absolute atomic E-state index is 13.3. The summed E-state index contributed by atoms with van der Waals surface area (Å²) in [6, 6.07) is 12.7. The average molecular weight is 419 g/mol. The number of benzene rings is 2. The first-order valence-corrected chi connectivity index (χ1v) is 9.77. The molecule has 31 heavy (non-hydrogen) atoms. The lowest BCUT2D eigenvalue weighted by Crippen LogP contribution is -2.41. The van der Waals surface area contributed by atoms with E-state index in [9.17, 15) is 9.59 Å². The molecular weight excluding hydrogens is 398 g/mol. The molecule has 2 aromatic rings. The third-order valence-electron chi connectivity index (χ3n) is 5.51. The molecule has 1 fully saturated rings. The number of nitrogens with zero attached hydrogens (tertiary/aromatic N) is 3. The second-order valence-electron chi connectivity index (χ2n) is 7.56. The van der Waals surface area contributed by atoms with Crippen LogP contribution in [0.5, 0.6) is 11.5 Å². The van der Waals surface area contributed by atoms with Crippen LogP contribution in [0.4, 0.5) is 5.69 Å². The van der Waals surface area contributed by atoms with Gasteiger partial charge in [-0.15, -0.1) is 0 Å². The first kappa shape index (κ1) is 20.4. The molecule has 0 N–H and O–H groups in total. The van der Waals surface area contributed by atoms with Gasteiger partial charge in [-0.2, -0.15) is 5.26 Å². The molecule has 2 aromatic carbocycles. The van der Waals surface area contributed by atoms with Gasteiger partial charge in [0.2, 0.25) is 11.5 Å². The number of carbonyl (C=O) groups excluding carboxylic acids is 2.